The average molecular weight is 512 g/mol. The smallest absolute Gasteiger partial charge is 0.353 e. The van der Waals surface area contributed by atoms with Crippen molar-refractivity contribution in [3.63, 3.8) is 0 Å². The summed E-state index contributed by atoms with van der Waals surface area (Å²) in [5, 5.41) is 0. The SMILES string of the molecule is COCCO[C@@H]1[C@H](OP(C)(=O)OC)[C@@H](/C(C)=C/P(=O)(OC)OC)O[C@H]1n1ccc(=O)[nH]c1=O. The van der Waals surface area contributed by atoms with Gasteiger partial charge in [0.05, 0.1) is 13.2 Å². The van der Waals surface area contributed by atoms with Crippen LogP contribution >= 0.6 is 15.2 Å². The van der Waals surface area contributed by atoms with Crippen molar-refractivity contribution in [2.24, 2.45) is 0 Å². The minimum absolute atomic E-state index is 0.0874. The van der Waals surface area contributed by atoms with Gasteiger partial charge >= 0.3 is 20.9 Å². The monoisotopic (exact) mass is 512 g/mol. The van der Waals surface area contributed by atoms with Crippen LogP contribution in [0.15, 0.2) is 33.2 Å². The molecular weight excluding hydrogens is 482 g/mol. The second kappa shape index (κ2) is 11.8. The molecule has 2 heterocycles. The lowest BCUT2D eigenvalue weighted by molar-refractivity contribution is -0.0767. The van der Waals surface area contributed by atoms with Crippen LogP contribution in [0.4, 0.5) is 0 Å². The van der Waals surface area contributed by atoms with Crippen molar-refractivity contribution in [2.75, 3.05) is 48.3 Å². The van der Waals surface area contributed by atoms with Crippen molar-refractivity contribution in [3.8, 4) is 0 Å². The number of nitrogens with one attached hydrogen (secondary N) is 1. The molecule has 2 rings (SSSR count). The minimum Gasteiger partial charge on any atom is -0.382 e. The van der Waals surface area contributed by atoms with Crippen LogP contribution in [0.3, 0.4) is 0 Å². The van der Waals surface area contributed by atoms with Gasteiger partial charge in [0, 0.05) is 53.2 Å². The van der Waals surface area contributed by atoms with E-state index in [1.54, 1.807) is 6.92 Å². The third kappa shape index (κ3) is 7.05. The third-order valence-corrected chi connectivity index (χ3v) is 7.91. The fraction of sp³-hybridized carbons (Fsp3) is 0.667. The summed E-state index contributed by atoms with van der Waals surface area (Å²) in [6.07, 6.45) is -2.92. The van der Waals surface area contributed by atoms with Gasteiger partial charge in [0.15, 0.2) is 6.23 Å². The van der Waals surface area contributed by atoms with Gasteiger partial charge in [-0.3, -0.25) is 28.0 Å². The Morgan fingerprint density at radius 3 is 2.33 bits per heavy atom. The highest BCUT2D eigenvalue weighted by molar-refractivity contribution is 7.57. The summed E-state index contributed by atoms with van der Waals surface area (Å²) < 4.78 is 64.2. The largest absolute Gasteiger partial charge is 0.382 e. The highest BCUT2D eigenvalue weighted by atomic mass is 31.2. The van der Waals surface area contributed by atoms with Gasteiger partial charge in [0.1, 0.15) is 18.3 Å². The van der Waals surface area contributed by atoms with Crippen molar-refractivity contribution in [3.05, 3.63) is 44.5 Å². The second-order valence-electron chi connectivity index (χ2n) is 7.09. The molecule has 1 unspecified atom stereocenters. The molecule has 1 aliphatic heterocycles. The number of ether oxygens (including phenoxy) is 3. The third-order valence-electron chi connectivity index (χ3n) is 4.88. The Bertz CT molecular complexity index is 1030. The van der Waals surface area contributed by atoms with Gasteiger partial charge in [-0.05, 0) is 12.5 Å². The summed E-state index contributed by atoms with van der Waals surface area (Å²) in [5.41, 5.74) is -0.992. The lowest BCUT2D eigenvalue weighted by Gasteiger charge is -2.27. The molecule has 1 aromatic rings. The van der Waals surface area contributed by atoms with Crippen LogP contribution in [0.2, 0.25) is 0 Å². The summed E-state index contributed by atoms with van der Waals surface area (Å²) in [6.45, 7) is 3.16. The van der Waals surface area contributed by atoms with Gasteiger partial charge in [-0.15, -0.1) is 0 Å². The molecule has 0 spiro atoms. The molecule has 0 aromatic carbocycles. The van der Waals surface area contributed by atoms with E-state index in [-0.39, 0.29) is 13.2 Å². The van der Waals surface area contributed by atoms with Crippen LogP contribution in [0, 0.1) is 0 Å². The van der Waals surface area contributed by atoms with Crippen molar-refractivity contribution >= 4 is 15.2 Å². The fourth-order valence-corrected chi connectivity index (χ4v) is 4.95. The van der Waals surface area contributed by atoms with Crippen molar-refractivity contribution < 1.29 is 41.4 Å². The van der Waals surface area contributed by atoms with Crippen molar-refractivity contribution in [2.45, 2.75) is 31.5 Å². The lowest BCUT2D eigenvalue weighted by Crippen LogP contribution is -2.40. The molecule has 1 aliphatic rings. The summed E-state index contributed by atoms with van der Waals surface area (Å²) in [6, 6.07) is 1.15. The molecule has 1 N–H and O–H groups in total. The van der Waals surface area contributed by atoms with Gasteiger partial charge in [-0.1, -0.05) is 0 Å². The molecule has 0 bridgehead atoms. The number of aromatic nitrogens is 2. The lowest BCUT2D eigenvalue weighted by atomic mass is 10.1. The summed E-state index contributed by atoms with van der Waals surface area (Å²) in [4.78, 5) is 26.2. The number of hydrogen-bond acceptors (Lipinski definition) is 11. The van der Waals surface area contributed by atoms with Gasteiger partial charge < -0.3 is 27.8 Å². The first-order valence-electron chi connectivity index (χ1n) is 9.80. The van der Waals surface area contributed by atoms with Crippen molar-refractivity contribution in [1.82, 2.24) is 9.55 Å². The van der Waals surface area contributed by atoms with E-state index in [9.17, 15) is 18.7 Å². The van der Waals surface area contributed by atoms with E-state index in [1.165, 1.54) is 47.1 Å². The zero-order valence-corrected chi connectivity index (χ0v) is 21.1. The number of nitrogens with zero attached hydrogens (tertiary/aromatic N) is 1. The zero-order chi connectivity index (χ0) is 24.8. The number of H-pyrrole nitrogens is 1. The first kappa shape index (κ1) is 27.8. The van der Waals surface area contributed by atoms with Gasteiger partial charge in [0.2, 0.25) is 0 Å². The molecule has 5 atom stereocenters. The first-order valence-corrected chi connectivity index (χ1v) is 13.4. The Morgan fingerprint density at radius 2 is 1.79 bits per heavy atom. The Balaban J connectivity index is 2.59. The van der Waals surface area contributed by atoms with Gasteiger partial charge in [-0.2, -0.15) is 0 Å². The van der Waals surface area contributed by atoms with Crippen LogP contribution in [-0.4, -0.2) is 76.2 Å². The highest BCUT2D eigenvalue weighted by Crippen LogP contribution is 2.52. The Kier molecular flexibility index (Phi) is 9.98. The normalized spacial score (nSPS) is 25.8. The molecule has 1 fully saturated rings. The number of rotatable bonds is 12. The van der Waals surface area contributed by atoms with E-state index in [0.717, 1.165) is 10.6 Å². The van der Waals surface area contributed by atoms with Crippen LogP contribution < -0.4 is 11.2 Å². The second-order valence-corrected chi connectivity index (χ2v) is 11.3. The molecule has 0 aliphatic carbocycles. The van der Waals surface area contributed by atoms with E-state index in [4.69, 9.17) is 32.3 Å². The minimum atomic E-state index is -3.60. The van der Waals surface area contributed by atoms with E-state index in [2.05, 4.69) is 4.98 Å². The molecule has 0 amide bonds. The molecule has 15 heteroatoms. The Morgan fingerprint density at radius 1 is 1.12 bits per heavy atom. The molecule has 33 heavy (non-hydrogen) atoms. The van der Waals surface area contributed by atoms with Gasteiger partial charge in [0.25, 0.3) is 5.56 Å². The Hall–Kier alpha value is -1.40. The molecule has 13 nitrogen and oxygen atoms in total. The first-order chi connectivity index (χ1) is 15.5. The summed E-state index contributed by atoms with van der Waals surface area (Å²) >= 11 is 0. The highest BCUT2D eigenvalue weighted by Gasteiger charge is 2.50. The molecule has 0 radical (unpaired) electrons. The standard InChI is InChI=1S/C18H30N2O11P2/c1-12(11-33(24,27-4)28-5)14-15(31-32(6,23)26-3)16(29-10-9-25-2)17(30-14)20-8-7-13(21)19-18(20)22/h7-8,11,14-17H,9-10H2,1-6H3,(H,19,21,22)/b12-11+/t14-,15-,16-,17-,32?/m1/s1. The fourth-order valence-electron chi connectivity index (χ4n) is 3.18. The molecule has 1 aromatic heterocycles. The maximum Gasteiger partial charge on any atom is 0.353 e. The van der Waals surface area contributed by atoms with E-state index in [0.29, 0.717) is 5.57 Å². The maximum absolute atomic E-state index is 12.7. The molecule has 0 saturated carbocycles. The van der Waals surface area contributed by atoms with E-state index < -0.39 is 51.0 Å². The summed E-state index contributed by atoms with van der Waals surface area (Å²) in [7, 11) is -2.02. The summed E-state index contributed by atoms with van der Waals surface area (Å²) in [5.74, 6) is 1.24. The Labute approximate surface area is 191 Å². The topological polar surface area (TPSA) is 154 Å². The molecule has 188 valence electrons. The molecule has 1 saturated heterocycles. The van der Waals surface area contributed by atoms with E-state index in [1.807, 2.05) is 0 Å². The predicted octanol–water partition coefficient (Wildman–Crippen LogP) is 1.71. The van der Waals surface area contributed by atoms with Crippen LogP contribution in [0.1, 0.15) is 13.2 Å². The van der Waals surface area contributed by atoms with Crippen molar-refractivity contribution in [1.29, 1.82) is 0 Å². The quantitative estimate of drug-likeness (QED) is 0.322. The van der Waals surface area contributed by atoms with Gasteiger partial charge in [-0.25, -0.2) is 4.79 Å². The molecular formula is C18H30N2O11P2. The van der Waals surface area contributed by atoms with Crippen LogP contribution in [-0.2, 0) is 41.4 Å². The number of hydrogen-bond donors (Lipinski definition) is 1. The van der Waals surface area contributed by atoms with Crippen LogP contribution in [0.25, 0.3) is 0 Å². The average Bonchev–Trinajstić information content (AvgIpc) is 3.11. The van der Waals surface area contributed by atoms with E-state index >= 15 is 0 Å². The number of methoxy groups -OCH3 is 1. The number of aromatic amines is 1. The maximum atomic E-state index is 12.7. The van der Waals surface area contributed by atoms with Crippen LogP contribution in [0.5, 0.6) is 0 Å². The predicted molar refractivity (Wildman–Crippen MR) is 118 cm³/mol. The zero-order valence-electron chi connectivity index (χ0n) is 19.3.